The van der Waals surface area contributed by atoms with E-state index >= 15 is 0 Å². The van der Waals surface area contributed by atoms with Crippen LogP contribution in [0.3, 0.4) is 0 Å². The monoisotopic (exact) mass is 337 g/mol. The number of aliphatic hydroxyl groups is 1. The first-order chi connectivity index (χ1) is 12.0. The Bertz CT molecular complexity index is 729. The number of nitrogens with zero attached hydrogens (tertiary/aromatic N) is 1. The van der Waals surface area contributed by atoms with Crippen molar-refractivity contribution in [1.82, 2.24) is 4.90 Å². The minimum atomic E-state index is -0.746. The van der Waals surface area contributed by atoms with Crippen molar-refractivity contribution in [1.29, 1.82) is 0 Å². The summed E-state index contributed by atoms with van der Waals surface area (Å²) in [5.41, 5.74) is 4.11. The lowest BCUT2D eigenvalue weighted by Gasteiger charge is -2.52. The summed E-state index contributed by atoms with van der Waals surface area (Å²) in [7, 11) is 0. The van der Waals surface area contributed by atoms with Gasteiger partial charge in [-0.05, 0) is 43.4 Å². The molecule has 2 unspecified atom stereocenters. The summed E-state index contributed by atoms with van der Waals surface area (Å²) in [5.74, 6) is 0. The van der Waals surface area contributed by atoms with Crippen LogP contribution in [0.5, 0.6) is 0 Å². The molecule has 2 heterocycles. The van der Waals surface area contributed by atoms with Crippen LogP contribution < -0.4 is 0 Å². The topological polar surface area (TPSA) is 32.7 Å². The van der Waals surface area contributed by atoms with Gasteiger partial charge in [0.25, 0.3) is 0 Å². The van der Waals surface area contributed by atoms with Gasteiger partial charge in [0.1, 0.15) is 0 Å². The Kier molecular flexibility index (Phi) is 4.40. The van der Waals surface area contributed by atoms with E-state index in [-0.39, 0.29) is 12.1 Å². The van der Waals surface area contributed by atoms with Gasteiger partial charge in [0.2, 0.25) is 0 Å². The zero-order valence-corrected chi connectivity index (χ0v) is 15.1. The van der Waals surface area contributed by atoms with Crippen LogP contribution in [-0.2, 0) is 16.9 Å². The van der Waals surface area contributed by atoms with Gasteiger partial charge in [-0.15, -0.1) is 0 Å². The second-order valence-corrected chi connectivity index (χ2v) is 7.76. The van der Waals surface area contributed by atoms with E-state index < -0.39 is 5.60 Å². The molecule has 0 radical (unpaired) electrons. The maximum atomic E-state index is 11.5. The number of hydrogen-bond donors (Lipinski definition) is 1. The van der Waals surface area contributed by atoms with Crippen molar-refractivity contribution in [3.8, 4) is 0 Å². The Balaban J connectivity index is 1.60. The average Bonchev–Trinajstić information content (AvgIpc) is 2.57. The van der Waals surface area contributed by atoms with Crippen molar-refractivity contribution < 1.29 is 9.84 Å². The molecule has 3 heteroatoms. The Hall–Kier alpha value is -1.68. The molecule has 25 heavy (non-hydrogen) atoms. The standard InChI is InChI=1S/C22H27NO2/c1-16-8-9-21(17(2)10-16)22(24)11-19-14-25-15-20(12-22)23(19)13-18-6-4-3-5-7-18/h3-10,19-20,24H,11-15H2,1-2H3. The van der Waals surface area contributed by atoms with E-state index in [1.807, 2.05) is 0 Å². The summed E-state index contributed by atoms with van der Waals surface area (Å²) in [5, 5.41) is 11.5. The van der Waals surface area contributed by atoms with Crippen LogP contribution in [-0.4, -0.2) is 35.3 Å². The van der Waals surface area contributed by atoms with E-state index in [0.29, 0.717) is 13.2 Å². The second-order valence-electron chi connectivity index (χ2n) is 7.76. The van der Waals surface area contributed by atoms with Crippen molar-refractivity contribution in [2.24, 2.45) is 0 Å². The first kappa shape index (κ1) is 16.8. The molecule has 2 aliphatic heterocycles. The number of aryl methyl sites for hydroxylation is 2. The lowest BCUT2D eigenvalue weighted by Crippen LogP contribution is -2.60. The van der Waals surface area contributed by atoms with Crippen LogP contribution in [0.2, 0.25) is 0 Å². The fourth-order valence-corrected chi connectivity index (χ4v) is 4.65. The fourth-order valence-electron chi connectivity index (χ4n) is 4.65. The third-order valence-electron chi connectivity index (χ3n) is 5.80. The van der Waals surface area contributed by atoms with E-state index in [2.05, 4.69) is 67.3 Å². The van der Waals surface area contributed by atoms with E-state index in [9.17, 15) is 5.11 Å². The van der Waals surface area contributed by atoms with Crippen LogP contribution in [0.4, 0.5) is 0 Å². The zero-order chi connectivity index (χ0) is 17.4. The highest BCUT2D eigenvalue weighted by Gasteiger charge is 2.47. The molecular weight excluding hydrogens is 310 g/mol. The third-order valence-corrected chi connectivity index (χ3v) is 5.80. The summed E-state index contributed by atoms with van der Waals surface area (Å²) in [4.78, 5) is 2.54. The molecule has 0 amide bonds. The number of rotatable bonds is 3. The Morgan fingerprint density at radius 2 is 1.72 bits per heavy atom. The molecular formula is C22H27NO2. The molecule has 2 saturated heterocycles. The highest BCUT2D eigenvalue weighted by atomic mass is 16.5. The van der Waals surface area contributed by atoms with Gasteiger partial charge in [0.05, 0.1) is 18.8 Å². The summed E-state index contributed by atoms with van der Waals surface area (Å²) in [6.45, 7) is 6.56. The lowest BCUT2D eigenvalue weighted by atomic mass is 9.75. The van der Waals surface area contributed by atoms with Gasteiger partial charge < -0.3 is 9.84 Å². The van der Waals surface area contributed by atoms with Crippen molar-refractivity contribution in [2.75, 3.05) is 13.2 Å². The highest BCUT2D eigenvalue weighted by molar-refractivity contribution is 5.36. The maximum absolute atomic E-state index is 11.5. The number of morpholine rings is 1. The number of piperidine rings is 1. The summed E-state index contributed by atoms with van der Waals surface area (Å²) in [6, 6.07) is 17.5. The van der Waals surface area contributed by atoms with Gasteiger partial charge in [-0.1, -0.05) is 54.1 Å². The molecule has 0 saturated carbocycles. The fraction of sp³-hybridized carbons (Fsp3) is 0.455. The molecule has 2 aliphatic rings. The van der Waals surface area contributed by atoms with Crippen molar-refractivity contribution in [3.63, 3.8) is 0 Å². The molecule has 0 aliphatic carbocycles. The number of ether oxygens (including phenoxy) is 1. The van der Waals surface area contributed by atoms with Crippen molar-refractivity contribution in [2.45, 2.75) is 50.9 Å². The van der Waals surface area contributed by atoms with Crippen molar-refractivity contribution in [3.05, 3.63) is 70.8 Å². The zero-order valence-electron chi connectivity index (χ0n) is 15.1. The van der Waals surface area contributed by atoms with Crippen LogP contribution >= 0.6 is 0 Å². The Morgan fingerprint density at radius 1 is 1.04 bits per heavy atom. The summed E-state index contributed by atoms with van der Waals surface area (Å²) in [6.07, 6.45) is 1.47. The molecule has 2 atom stereocenters. The molecule has 2 fully saturated rings. The molecule has 4 rings (SSSR count). The largest absolute Gasteiger partial charge is 0.385 e. The SMILES string of the molecule is Cc1ccc(C2(O)CC3COCC(C2)N3Cc2ccccc2)c(C)c1. The van der Waals surface area contributed by atoms with Gasteiger partial charge in [-0.25, -0.2) is 0 Å². The molecule has 0 aromatic heterocycles. The third kappa shape index (κ3) is 3.24. The number of benzene rings is 2. The number of hydrogen-bond acceptors (Lipinski definition) is 3. The lowest BCUT2D eigenvalue weighted by molar-refractivity contribution is -0.149. The van der Waals surface area contributed by atoms with Crippen LogP contribution in [0.25, 0.3) is 0 Å². The van der Waals surface area contributed by atoms with E-state index in [1.165, 1.54) is 16.7 Å². The first-order valence-electron chi connectivity index (χ1n) is 9.23. The Morgan fingerprint density at radius 3 is 2.36 bits per heavy atom. The quantitative estimate of drug-likeness (QED) is 0.930. The van der Waals surface area contributed by atoms with Gasteiger partial charge in [-0.2, -0.15) is 0 Å². The molecule has 3 nitrogen and oxygen atoms in total. The van der Waals surface area contributed by atoms with E-state index in [4.69, 9.17) is 4.74 Å². The number of fused-ring (bicyclic) bond motifs is 2. The molecule has 0 spiro atoms. The Labute approximate surface area is 150 Å². The van der Waals surface area contributed by atoms with Gasteiger partial charge in [0.15, 0.2) is 0 Å². The predicted octanol–water partition coefficient (Wildman–Crippen LogP) is 3.55. The van der Waals surface area contributed by atoms with Crippen molar-refractivity contribution >= 4 is 0 Å². The molecule has 2 aromatic rings. The van der Waals surface area contributed by atoms with Crippen LogP contribution in [0.1, 0.15) is 35.1 Å². The molecule has 2 aromatic carbocycles. The summed E-state index contributed by atoms with van der Waals surface area (Å²) < 4.78 is 5.83. The van der Waals surface area contributed by atoms with E-state index in [0.717, 1.165) is 24.9 Å². The average molecular weight is 337 g/mol. The van der Waals surface area contributed by atoms with Gasteiger partial charge >= 0.3 is 0 Å². The normalized spacial score (nSPS) is 29.6. The second kappa shape index (κ2) is 6.56. The van der Waals surface area contributed by atoms with E-state index in [1.54, 1.807) is 0 Å². The molecule has 132 valence electrons. The molecule has 1 N–H and O–H groups in total. The van der Waals surface area contributed by atoms with Gasteiger partial charge in [-0.3, -0.25) is 4.90 Å². The molecule has 2 bridgehead atoms. The first-order valence-corrected chi connectivity index (χ1v) is 9.23. The highest BCUT2D eigenvalue weighted by Crippen LogP contribution is 2.42. The van der Waals surface area contributed by atoms with Crippen LogP contribution in [0, 0.1) is 13.8 Å². The van der Waals surface area contributed by atoms with Gasteiger partial charge in [0, 0.05) is 18.6 Å². The predicted molar refractivity (Wildman–Crippen MR) is 99.4 cm³/mol. The maximum Gasteiger partial charge on any atom is 0.0930 e. The minimum Gasteiger partial charge on any atom is -0.385 e. The van der Waals surface area contributed by atoms with Crippen LogP contribution in [0.15, 0.2) is 48.5 Å². The minimum absolute atomic E-state index is 0.262. The smallest absolute Gasteiger partial charge is 0.0930 e. The summed E-state index contributed by atoms with van der Waals surface area (Å²) >= 11 is 0.